The van der Waals surface area contributed by atoms with Gasteiger partial charge in [-0.3, -0.25) is 4.79 Å². The maximum absolute atomic E-state index is 11.2. The first-order valence-electron chi connectivity index (χ1n) is 5.74. The third kappa shape index (κ3) is 4.93. The van der Waals surface area contributed by atoms with Gasteiger partial charge in [-0.25, -0.2) is 0 Å². The summed E-state index contributed by atoms with van der Waals surface area (Å²) < 4.78 is 11.4. The van der Waals surface area contributed by atoms with E-state index in [0.717, 1.165) is 14.9 Å². The number of carbonyl (C=O) groups excluding carboxylic acids is 1. The first-order valence-corrected chi connectivity index (χ1v) is 6.82. The highest BCUT2D eigenvalue weighted by Crippen LogP contribution is 2.22. The van der Waals surface area contributed by atoms with Crippen LogP contribution in [0.1, 0.15) is 25.8 Å². The van der Waals surface area contributed by atoms with E-state index in [1.807, 2.05) is 32.0 Å². The zero-order chi connectivity index (χ0) is 12.7. The molecular formula is C13H17IO3. The molecular weight excluding hydrogens is 331 g/mol. The molecule has 0 aliphatic heterocycles. The zero-order valence-corrected chi connectivity index (χ0v) is 12.3. The van der Waals surface area contributed by atoms with E-state index >= 15 is 0 Å². The summed E-state index contributed by atoms with van der Waals surface area (Å²) in [7, 11) is 0. The Hall–Kier alpha value is -0.780. The van der Waals surface area contributed by atoms with Crippen molar-refractivity contribution in [2.45, 2.75) is 26.7 Å². The minimum Gasteiger partial charge on any atom is -0.493 e. The van der Waals surface area contributed by atoms with Crippen LogP contribution >= 0.6 is 22.6 Å². The molecule has 0 aliphatic rings. The second-order valence-electron chi connectivity index (χ2n) is 3.50. The number of rotatable bonds is 6. The summed E-state index contributed by atoms with van der Waals surface area (Å²) in [5, 5.41) is 0. The molecule has 0 bridgehead atoms. The van der Waals surface area contributed by atoms with E-state index in [2.05, 4.69) is 22.6 Å². The van der Waals surface area contributed by atoms with Crippen LogP contribution in [0.2, 0.25) is 0 Å². The highest BCUT2D eigenvalue weighted by Gasteiger charge is 2.05. The molecule has 17 heavy (non-hydrogen) atoms. The molecule has 1 aromatic rings. The Labute approximate surface area is 116 Å². The van der Waals surface area contributed by atoms with Crippen LogP contribution in [0.5, 0.6) is 5.75 Å². The maximum atomic E-state index is 11.2. The topological polar surface area (TPSA) is 35.5 Å². The van der Waals surface area contributed by atoms with Crippen molar-refractivity contribution in [1.29, 1.82) is 0 Å². The number of esters is 1. The Morgan fingerprint density at radius 3 is 2.65 bits per heavy atom. The summed E-state index contributed by atoms with van der Waals surface area (Å²) in [4.78, 5) is 11.2. The van der Waals surface area contributed by atoms with Gasteiger partial charge in [-0.2, -0.15) is 0 Å². The van der Waals surface area contributed by atoms with Crippen LogP contribution in [0.15, 0.2) is 18.2 Å². The number of hydrogen-bond acceptors (Lipinski definition) is 3. The molecule has 0 radical (unpaired) electrons. The van der Waals surface area contributed by atoms with Crippen molar-refractivity contribution in [3.8, 4) is 5.75 Å². The number of halogens is 1. The van der Waals surface area contributed by atoms with Crippen LogP contribution in [0.4, 0.5) is 0 Å². The van der Waals surface area contributed by atoms with Crippen molar-refractivity contribution < 1.29 is 14.3 Å². The molecule has 0 N–H and O–H groups in total. The second kappa shape index (κ2) is 7.53. The predicted molar refractivity (Wildman–Crippen MR) is 75.3 cm³/mol. The monoisotopic (exact) mass is 348 g/mol. The molecule has 0 atom stereocenters. The van der Waals surface area contributed by atoms with Crippen LogP contribution in [-0.2, 0) is 16.0 Å². The normalized spacial score (nSPS) is 10.1. The average Bonchev–Trinajstić information content (AvgIpc) is 2.30. The van der Waals surface area contributed by atoms with E-state index in [4.69, 9.17) is 9.47 Å². The molecule has 0 saturated carbocycles. The lowest BCUT2D eigenvalue weighted by molar-refractivity contribution is -0.143. The Balaban J connectivity index is 2.55. The Bertz CT molecular complexity index is 377. The van der Waals surface area contributed by atoms with Crippen molar-refractivity contribution in [2.75, 3.05) is 13.2 Å². The van der Waals surface area contributed by atoms with Gasteiger partial charge in [-0.1, -0.05) is 6.07 Å². The van der Waals surface area contributed by atoms with Crippen LogP contribution in [0.3, 0.4) is 0 Å². The molecule has 0 heterocycles. The van der Waals surface area contributed by atoms with Crippen LogP contribution < -0.4 is 4.74 Å². The first kappa shape index (κ1) is 14.3. The molecule has 0 unspecified atom stereocenters. The Morgan fingerprint density at radius 2 is 2.06 bits per heavy atom. The summed E-state index contributed by atoms with van der Waals surface area (Å²) in [5.41, 5.74) is 1.13. The molecule has 94 valence electrons. The van der Waals surface area contributed by atoms with Gasteiger partial charge in [-0.05, 0) is 60.6 Å². The third-order valence-corrected chi connectivity index (χ3v) is 3.06. The lowest BCUT2D eigenvalue weighted by Crippen LogP contribution is -2.05. The molecule has 0 aromatic heterocycles. The molecule has 0 fully saturated rings. The van der Waals surface area contributed by atoms with Gasteiger partial charge in [0.2, 0.25) is 0 Å². The van der Waals surface area contributed by atoms with Crippen molar-refractivity contribution >= 4 is 28.6 Å². The molecule has 1 aromatic carbocycles. The van der Waals surface area contributed by atoms with Gasteiger partial charge < -0.3 is 9.47 Å². The quantitative estimate of drug-likeness (QED) is 0.585. The van der Waals surface area contributed by atoms with Gasteiger partial charge >= 0.3 is 5.97 Å². The fourth-order valence-corrected chi connectivity index (χ4v) is 2.19. The number of benzene rings is 1. The number of carbonyl (C=O) groups is 1. The molecule has 0 saturated heterocycles. The minimum absolute atomic E-state index is 0.142. The maximum Gasteiger partial charge on any atom is 0.306 e. The first-order chi connectivity index (χ1) is 8.17. The zero-order valence-electron chi connectivity index (χ0n) is 10.2. The van der Waals surface area contributed by atoms with Gasteiger partial charge in [0.1, 0.15) is 5.75 Å². The SMILES string of the molecule is CCOC(=O)CCc1ccc(OCC)c(I)c1. The number of aryl methyl sites for hydroxylation is 1. The minimum atomic E-state index is -0.142. The number of ether oxygens (including phenoxy) is 2. The smallest absolute Gasteiger partial charge is 0.306 e. The average molecular weight is 348 g/mol. The second-order valence-corrected chi connectivity index (χ2v) is 4.66. The summed E-state index contributed by atoms with van der Waals surface area (Å²) in [6, 6.07) is 5.99. The fourth-order valence-electron chi connectivity index (χ4n) is 1.45. The molecule has 4 heteroatoms. The number of hydrogen-bond donors (Lipinski definition) is 0. The predicted octanol–water partition coefficient (Wildman–Crippen LogP) is 3.19. The van der Waals surface area contributed by atoms with E-state index in [0.29, 0.717) is 26.1 Å². The third-order valence-electron chi connectivity index (χ3n) is 2.22. The molecule has 0 amide bonds. The van der Waals surface area contributed by atoms with E-state index in [9.17, 15) is 4.79 Å². The van der Waals surface area contributed by atoms with Crippen molar-refractivity contribution in [2.24, 2.45) is 0 Å². The largest absolute Gasteiger partial charge is 0.493 e. The van der Waals surface area contributed by atoms with E-state index in [1.54, 1.807) is 0 Å². The lowest BCUT2D eigenvalue weighted by Gasteiger charge is -2.08. The van der Waals surface area contributed by atoms with Crippen molar-refractivity contribution in [3.05, 3.63) is 27.3 Å². The van der Waals surface area contributed by atoms with Gasteiger partial charge in [0, 0.05) is 6.42 Å². The van der Waals surface area contributed by atoms with Crippen molar-refractivity contribution in [1.82, 2.24) is 0 Å². The van der Waals surface area contributed by atoms with Gasteiger partial charge in [0.05, 0.1) is 16.8 Å². The molecule has 0 aliphatic carbocycles. The van der Waals surface area contributed by atoms with Gasteiger partial charge in [0.15, 0.2) is 0 Å². The molecule has 0 spiro atoms. The molecule has 3 nitrogen and oxygen atoms in total. The summed E-state index contributed by atoms with van der Waals surface area (Å²) in [5.74, 6) is 0.754. The van der Waals surface area contributed by atoms with E-state index in [1.165, 1.54) is 0 Å². The summed E-state index contributed by atoms with van der Waals surface area (Å²) in [6.45, 7) is 4.89. The fraction of sp³-hybridized carbons (Fsp3) is 0.462. The summed E-state index contributed by atoms with van der Waals surface area (Å²) >= 11 is 2.24. The molecule has 1 rings (SSSR count). The standard InChI is InChI=1S/C13H17IO3/c1-3-16-12-7-5-10(9-11(12)14)6-8-13(15)17-4-2/h5,7,9H,3-4,6,8H2,1-2H3. The van der Waals surface area contributed by atoms with Gasteiger partial charge in [-0.15, -0.1) is 0 Å². The van der Waals surface area contributed by atoms with Crippen LogP contribution in [-0.4, -0.2) is 19.2 Å². The van der Waals surface area contributed by atoms with Crippen LogP contribution in [0, 0.1) is 3.57 Å². The lowest BCUT2D eigenvalue weighted by atomic mass is 10.1. The van der Waals surface area contributed by atoms with E-state index < -0.39 is 0 Å². The summed E-state index contributed by atoms with van der Waals surface area (Å²) in [6.07, 6.45) is 1.14. The highest BCUT2D eigenvalue weighted by atomic mass is 127. The Morgan fingerprint density at radius 1 is 1.29 bits per heavy atom. The Kier molecular flexibility index (Phi) is 6.32. The van der Waals surface area contributed by atoms with Crippen LogP contribution in [0.25, 0.3) is 0 Å². The van der Waals surface area contributed by atoms with Crippen molar-refractivity contribution in [3.63, 3.8) is 0 Å². The van der Waals surface area contributed by atoms with Gasteiger partial charge in [0.25, 0.3) is 0 Å². The van der Waals surface area contributed by atoms with E-state index in [-0.39, 0.29) is 5.97 Å². The highest BCUT2D eigenvalue weighted by molar-refractivity contribution is 14.1.